The lowest BCUT2D eigenvalue weighted by Crippen LogP contribution is -2.28. The third kappa shape index (κ3) is 2.21. The highest BCUT2D eigenvalue weighted by Crippen LogP contribution is 2.18. The molecule has 0 saturated carbocycles. The van der Waals surface area contributed by atoms with Crippen molar-refractivity contribution in [2.45, 2.75) is 4.90 Å². The fourth-order valence-corrected chi connectivity index (χ4v) is 1.58. The zero-order valence-electron chi connectivity index (χ0n) is 7.90. The summed E-state index contributed by atoms with van der Waals surface area (Å²) in [6, 6.07) is 1.90. The Hall–Kier alpha value is -1.03. The summed E-state index contributed by atoms with van der Waals surface area (Å²) in [5, 5.41) is 0. The number of aromatic nitrogens is 1. The van der Waals surface area contributed by atoms with Crippen LogP contribution in [-0.4, -0.2) is 19.3 Å². The Bertz CT molecular complexity index is 325. The van der Waals surface area contributed by atoms with E-state index in [2.05, 4.69) is 4.74 Å². The number of pyridine rings is 1. The van der Waals surface area contributed by atoms with Crippen LogP contribution in [-0.2, 0) is 11.8 Å². The number of esters is 1. The fraction of sp³-hybridized carbons (Fsp3) is 0.333. The van der Waals surface area contributed by atoms with Gasteiger partial charge in [0.05, 0.1) is 7.11 Å². The lowest BCUT2D eigenvalue weighted by atomic mass is 10.3. The van der Waals surface area contributed by atoms with Gasteiger partial charge in [0.15, 0.2) is 12.4 Å². The summed E-state index contributed by atoms with van der Waals surface area (Å²) < 4.78 is 6.49. The molecule has 4 heteroatoms. The molecule has 3 nitrogen and oxygen atoms in total. The van der Waals surface area contributed by atoms with Crippen molar-refractivity contribution in [1.82, 2.24) is 0 Å². The molecule has 0 atom stereocenters. The van der Waals surface area contributed by atoms with E-state index in [1.807, 2.05) is 30.1 Å². The monoisotopic (exact) mass is 198 g/mol. The molecular weight excluding hydrogens is 186 g/mol. The van der Waals surface area contributed by atoms with E-state index in [0.29, 0.717) is 5.56 Å². The minimum atomic E-state index is -0.291. The van der Waals surface area contributed by atoms with Crippen molar-refractivity contribution in [3.8, 4) is 0 Å². The molecule has 0 radical (unpaired) electrons. The third-order valence-electron chi connectivity index (χ3n) is 1.68. The molecule has 0 aliphatic carbocycles. The summed E-state index contributed by atoms with van der Waals surface area (Å²) in [5.74, 6) is -0.291. The van der Waals surface area contributed by atoms with Gasteiger partial charge in [0.2, 0.25) is 0 Å². The molecule has 1 heterocycles. The molecule has 13 heavy (non-hydrogen) atoms. The number of carbonyl (C=O) groups excluding carboxylic acids is 1. The number of hydrogen-bond acceptors (Lipinski definition) is 3. The quantitative estimate of drug-likeness (QED) is 0.404. The largest absolute Gasteiger partial charge is 0.465 e. The number of hydrogen-bond donors (Lipinski definition) is 0. The first-order valence-electron chi connectivity index (χ1n) is 3.80. The number of ether oxygens (including phenoxy) is 1. The van der Waals surface area contributed by atoms with E-state index in [1.165, 1.54) is 18.9 Å². The molecule has 0 aromatic carbocycles. The first-order valence-corrected chi connectivity index (χ1v) is 5.03. The van der Waals surface area contributed by atoms with Crippen molar-refractivity contribution < 1.29 is 14.1 Å². The van der Waals surface area contributed by atoms with Crippen molar-refractivity contribution in [3.05, 3.63) is 24.0 Å². The van der Waals surface area contributed by atoms with Crippen LogP contribution in [0.1, 0.15) is 10.4 Å². The minimum Gasteiger partial charge on any atom is -0.465 e. The van der Waals surface area contributed by atoms with Gasteiger partial charge in [-0.15, -0.1) is 11.8 Å². The number of thioether (sulfide) groups is 1. The van der Waals surface area contributed by atoms with Crippen LogP contribution >= 0.6 is 11.8 Å². The van der Waals surface area contributed by atoms with Crippen LogP contribution < -0.4 is 4.57 Å². The molecule has 1 rings (SSSR count). The van der Waals surface area contributed by atoms with Crippen LogP contribution in [0.25, 0.3) is 0 Å². The number of carbonyl (C=O) groups is 1. The summed E-state index contributed by atoms with van der Waals surface area (Å²) in [5.41, 5.74) is 0.611. The topological polar surface area (TPSA) is 30.2 Å². The third-order valence-corrected chi connectivity index (χ3v) is 2.48. The molecule has 1 aromatic heterocycles. The normalized spacial score (nSPS) is 9.77. The van der Waals surface area contributed by atoms with Gasteiger partial charge in [-0.2, -0.15) is 0 Å². The molecule has 0 N–H and O–H groups in total. The van der Waals surface area contributed by atoms with Crippen molar-refractivity contribution in [3.63, 3.8) is 0 Å². The minimum absolute atomic E-state index is 0.291. The average Bonchev–Trinajstić information content (AvgIpc) is 2.16. The van der Waals surface area contributed by atoms with Gasteiger partial charge >= 0.3 is 5.97 Å². The van der Waals surface area contributed by atoms with Crippen LogP contribution in [0.2, 0.25) is 0 Å². The smallest absolute Gasteiger partial charge is 0.345 e. The standard InChI is InChI=1S/C9H12NO2S/c1-10-5-4-8(13-3)7(6-10)9(11)12-2/h4-6H,1-3H3/q+1. The number of nitrogens with zero attached hydrogens (tertiary/aromatic N) is 1. The Morgan fingerprint density at radius 1 is 1.62 bits per heavy atom. The van der Waals surface area contributed by atoms with E-state index < -0.39 is 0 Å². The molecule has 70 valence electrons. The molecule has 0 unspecified atom stereocenters. The zero-order chi connectivity index (χ0) is 9.84. The maximum Gasteiger partial charge on any atom is 0.345 e. The SMILES string of the molecule is COC(=O)c1c[n+](C)ccc1SC. The van der Waals surface area contributed by atoms with Crippen molar-refractivity contribution in [1.29, 1.82) is 0 Å². The van der Waals surface area contributed by atoms with Gasteiger partial charge in [-0.25, -0.2) is 9.36 Å². The van der Waals surface area contributed by atoms with E-state index in [-0.39, 0.29) is 5.97 Å². The highest BCUT2D eigenvalue weighted by molar-refractivity contribution is 7.98. The average molecular weight is 198 g/mol. The van der Waals surface area contributed by atoms with Crippen molar-refractivity contribution in [2.75, 3.05) is 13.4 Å². The van der Waals surface area contributed by atoms with Crippen LogP contribution in [0.3, 0.4) is 0 Å². The van der Waals surface area contributed by atoms with Gasteiger partial charge in [0.25, 0.3) is 0 Å². The lowest BCUT2D eigenvalue weighted by Gasteiger charge is -2.02. The van der Waals surface area contributed by atoms with Gasteiger partial charge in [0, 0.05) is 11.0 Å². The van der Waals surface area contributed by atoms with E-state index in [4.69, 9.17) is 0 Å². The molecule has 0 amide bonds. The Kier molecular flexibility index (Phi) is 3.31. The second kappa shape index (κ2) is 4.28. The van der Waals surface area contributed by atoms with Gasteiger partial charge in [-0.05, 0) is 6.26 Å². The summed E-state index contributed by atoms with van der Waals surface area (Å²) in [6.07, 6.45) is 5.59. The summed E-state index contributed by atoms with van der Waals surface area (Å²) >= 11 is 1.53. The number of methoxy groups -OCH3 is 1. The van der Waals surface area contributed by atoms with E-state index in [1.54, 1.807) is 6.20 Å². The Morgan fingerprint density at radius 3 is 2.85 bits per heavy atom. The highest BCUT2D eigenvalue weighted by atomic mass is 32.2. The fourth-order valence-electron chi connectivity index (χ4n) is 1.03. The maximum atomic E-state index is 11.3. The molecule has 0 fully saturated rings. The van der Waals surface area contributed by atoms with Crippen LogP contribution in [0.5, 0.6) is 0 Å². The van der Waals surface area contributed by atoms with Gasteiger partial charge < -0.3 is 4.74 Å². The van der Waals surface area contributed by atoms with Crippen LogP contribution in [0.15, 0.2) is 23.4 Å². The van der Waals surface area contributed by atoms with Gasteiger partial charge in [0.1, 0.15) is 12.6 Å². The Morgan fingerprint density at radius 2 is 2.31 bits per heavy atom. The van der Waals surface area contributed by atoms with Gasteiger partial charge in [-0.1, -0.05) is 0 Å². The maximum absolute atomic E-state index is 11.3. The molecule has 1 aromatic rings. The number of aryl methyl sites for hydroxylation is 1. The van der Waals surface area contributed by atoms with E-state index >= 15 is 0 Å². The number of rotatable bonds is 2. The van der Waals surface area contributed by atoms with E-state index in [0.717, 1.165) is 4.90 Å². The van der Waals surface area contributed by atoms with Crippen LogP contribution in [0, 0.1) is 0 Å². The predicted octanol–water partition coefficient (Wildman–Crippen LogP) is 1.02. The van der Waals surface area contributed by atoms with E-state index in [9.17, 15) is 4.79 Å². The van der Waals surface area contributed by atoms with Crippen molar-refractivity contribution in [2.24, 2.45) is 7.05 Å². The molecule has 0 spiro atoms. The van der Waals surface area contributed by atoms with Crippen LogP contribution in [0.4, 0.5) is 0 Å². The summed E-state index contributed by atoms with van der Waals surface area (Å²) in [7, 11) is 3.26. The molecule has 0 aliphatic rings. The Balaban J connectivity index is 3.15. The first kappa shape index (κ1) is 10.1. The molecule has 0 saturated heterocycles. The molecule has 0 bridgehead atoms. The molecular formula is C9H12NO2S+. The predicted molar refractivity (Wildman–Crippen MR) is 50.7 cm³/mol. The zero-order valence-corrected chi connectivity index (χ0v) is 8.72. The van der Waals surface area contributed by atoms with Gasteiger partial charge in [-0.3, -0.25) is 0 Å². The lowest BCUT2D eigenvalue weighted by molar-refractivity contribution is -0.672. The first-order chi connectivity index (χ1) is 6.19. The molecule has 0 aliphatic heterocycles. The Labute approximate surface area is 81.7 Å². The summed E-state index contributed by atoms with van der Waals surface area (Å²) in [6.45, 7) is 0. The second-order valence-electron chi connectivity index (χ2n) is 2.58. The summed E-state index contributed by atoms with van der Waals surface area (Å²) in [4.78, 5) is 12.2. The highest BCUT2D eigenvalue weighted by Gasteiger charge is 2.14. The second-order valence-corrected chi connectivity index (χ2v) is 3.43. The van der Waals surface area contributed by atoms with Crippen molar-refractivity contribution >= 4 is 17.7 Å².